The minimum atomic E-state index is 0.105. The summed E-state index contributed by atoms with van der Waals surface area (Å²) in [6.07, 6.45) is 35.9. The summed E-state index contributed by atoms with van der Waals surface area (Å²) in [4.78, 5) is 27.8. The number of amides is 2. The van der Waals surface area contributed by atoms with E-state index in [0.717, 1.165) is 47.8 Å². The molecule has 0 aromatic carbocycles. The highest BCUT2D eigenvalue weighted by atomic mass is 33.1. The molecular formula is C45H91N3O3S4. The van der Waals surface area contributed by atoms with Crippen LogP contribution in [0.25, 0.3) is 0 Å². The van der Waals surface area contributed by atoms with Crippen LogP contribution in [-0.4, -0.2) is 83.2 Å². The van der Waals surface area contributed by atoms with E-state index in [1.807, 2.05) is 21.6 Å². The second-order valence-electron chi connectivity index (χ2n) is 15.7. The molecule has 2 unspecified atom stereocenters. The molecule has 2 amide bonds. The molecule has 0 spiro atoms. The Kier molecular flexibility index (Phi) is 45.6. The fraction of sp³-hybridized carbons (Fsp3) is 0.956. The van der Waals surface area contributed by atoms with E-state index in [2.05, 4.69) is 64.8 Å². The maximum Gasteiger partial charge on any atom is 0.221 e. The van der Waals surface area contributed by atoms with E-state index in [0.29, 0.717) is 39.0 Å². The molecule has 0 fully saturated rings. The minimum absolute atomic E-state index is 0.105. The zero-order chi connectivity index (χ0) is 40.3. The lowest BCUT2D eigenvalue weighted by Gasteiger charge is -2.22. The number of aliphatic hydroxyl groups excluding tert-OH is 1. The topological polar surface area (TPSA) is 81.7 Å². The lowest BCUT2D eigenvalue weighted by Crippen LogP contribution is -2.35. The summed E-state index contributed by atoms with van der Waals surface area (Å²) in [6, 6.07) is 0. The van der Waals surface area contributed by atoms with Crippen molar-refractivity contribution in [1.82, 2.24) is 15.5 Å². The number of carbonyl (C=O) groups excluding carboxylic acids is 2. The molecule has 0 rings (SSSR count). The van der Waals surface area contributed by atoms with Crippen molar-refractivity contribution in [3.63, 3.8) is 0 Å². The highest BCUT2D eigenvalue weighted by Crippen LogP contribution is 2.34. The first-order valence-electron chi connectivity index (χ1n) is 23.4. The monoisotopic (exact) mass is 850 g/mol. The SMILES string of the molecule is CCCCCCCCC(CCCCCC)SSCCNC(=O)CCN(CCCCCO)CCC(=O)NCCSSC(CCCCCC)CCCCCCCC. The number of carbonyl (C=O) groups is 2. The van der Waals surface area contributed by atoms with Crippen LogP contribution in [0.1, 0.15) is 214 Å². The van der Waals surface area contributed by atoms with E-state index in [1.54, 1.807) is 0 Å². The van der Waals surface area contributed by atoms with Crippen molar-refractivity contribution >= 4 is 55.0 Å². The van der Waals surface area contributed by atoms with Crippen LogP contribution in [0, 0.1) is 0 Å². The lowest BCUT2D eigenvalue weighted by molar-refractivity contribution is -0.121. The molecule has 3 N–H and O–H groups in total. The molecule has 55 heavy (non-hydrogen) atoms. The van der Waals surface area contributed by atoms with E-state index in [4.69, 9.17) is 0 Å². The first kappa shape index (κ1) is 55.3. The minimum Gasteiger partial charge on any atom is -0.396 e. The van der Waals surface area contributed by atoms with Gasteiger partial charge < -0.3 is 20.6 Å². The van der Waals surface area contributed by atoms with Gasteiger partial charge in [0.15, 0.2) is 0 Å². The highest BCUT2D eigenvalue weighted by molar-refractivity contribution is 8.77. The van der Waals surface area contributed by atoms with Gasteiger partial charge in [-0.25, -0.2) is 0 Å². The molecule has 10 heteroatoms. The number of aliphatic hydroxyl groups is 1. The summed E-state index contributed by atoms with van der Waals surface area (Å²) >= 11 is 0. The fourth-order valence-electron chi connectivity index (χ4n) is 6.79. The van der Waals surface area contributed by atoms with E-state index in [-0.39, 0.29) is 18.4 Å². The molecule has 0 radical (unpaired) electrons. The summed E-state index contributed by atoms with van der Waals surface area (Å²) < 4.78 is 0. The molecule has 0 aliphatic heterocycles. The predicted octanol–water partition coefficient (Wildman–Crippen LogP) is 13.4. The van der Waals surface area contributed by atoms with Crippen LogP contribution >= 0.6 is 43.2 Å². The van der Waals surface area contributed by atoms with Gasteiger partial charge in [0.25, 0.3) is 0 Å². The summed E-state index contributed by atoms with van der Waals surface area (Å²) in [5, 5.41) is 17.0. The summed E-state index contributed by atoms with van der Waals surface area (Å²) in [7, 11) is 7.99. The van der Waals surface area contributed by atoms with Crippen LogP contribution in [-0.2, 0) is 9.59 Å². The van der Waals surface area contributed by atoms with Crippen LogP contribution < -0.4 is 10.6 Å². The molecule has 0 saturated carbocycles. The normalized spacial score (nSPS) is 12.7. The standard InChI is InChI=1S/C45H91N3O3S4/c1-5-9-13-17-19-24-30-42(28-22-15-11-7-3)54-52-40-34-46-44(50)32-37-48(36-26-21-27-39-49)38-33-45(51)47-35-41-53-55-43(29-23-16-12-8-4)31-25-20-18-14-10-6-2/h42-43,49H,5-41H2,1-4H3,(H,46,50)(H,47,51). The number of nitrogens with one attached hydrogen (secondary N) is 2. The number of rotatable bonds is 45. The van der Waals surface area contributed by atoms with Gasteiger partial charge in [-0.05, 0) is 51.5 Å². The van der Waals surface area contributed by atoms with Crippen LogP contribution in [0.5, 0.6) is 0 Å². The summed E-state index contributed by atoms with van der Waals surface area (Å²) in [5.74, 6) is 2.10. The zero-order valence-electron chi connectivity index (χ0n) is 36.7. The Morgan fingerprint density at radius 1 is 0.473 bits per heavy atom. The Labute approximate surface area is 358 Å². The Balaban J connectivity index is 4.49. The van der Waals surface area contributed by atoms with Gasteiger partial charge in [0.1, 0.15) is 0 Å². The van der Waals surface area contributed by atoms with Crippen molar-refractivity contribution in [3.05, 3.63) is 0 Å². The summed E-state index contributed by atoms with van der Waals surface area (Å²) in [5.41, 5.74) is 0. The molecule has 328 valence electrons. The van der Waals surface area contributed by atoms with E-state index < -0.39 is 0 Å². The van der Waals surface area contributed by atoms with Crippen molar-refractivity contribution in [2.75, 3.05) is 50.8 Å². The molecule has 0 aromatic rings. The molecule has 0 aromatic heterocycles. The maximum absolute atomic E-state index is 12.8. The average Bonchev–Trinajstić information content (AvgIpc) is 3.19. The van der Waals surface area contributed by atoms with Crippen LogP contribution in [0.15, 0.2) is 0 Å². The highest BCUT2D eigenvalue weighted by Gasteiger charge is 2.14. The Morgan fingerprint density at radius 2 is 0.818 bits per heavy atom. The molecule has 0 saturated heterocycles. The van der Waals surface area contributed by atoms with Gasteiger partial charge in [-0.2, -0.15) is 0 Å². The molecule has 0 bridgehead atoms. The molecule has 6 nitrogen and oxygen atoms in total. The molecule has 2 atom stereocenters. The average molecular weight is 851 g/mol. The smallest absolute Gasteiger partial charge is 0.221 e. The number of hydrogen-bond acceptors (Lipinski definition) is 8. The second kappa shape index (κ2) is 45.3. The van der Waals surface area contributed by atoms with E-state index >= 15 is 0 Å². The van der Waals surface area contributed by atoms with Gasteiger partial charge in [-0.1, -0.05) is 199 Å². The third-order valence-corrected chi connectivity index (χ3v) is 16.3. The second-order valence-corrected chi connectivity index (χ2v) is 21.3. The van der Waals surface area contributed by atoms with Crippen LogP contribution in [0.4, 0.5) is 0 Å². The van der Waals surface area contributed by atoms with Gasteiger partial charge in [-0.3, -0.25) is 9.59 Å². The van der Waals surface area contributed by atoms with Gasteiger partial charge in [0, 0.05) is 67.6 Å². The molecular weight excluding hydrogens is 759 g/mol. The van der Waals surface area contributed by atoms with Crippen molar-refractivity contribution in [2.24, 2.45) is 0 Å². The van der Waals surface area contributed by atoms with Crippen LogP contribution in [0.3, 0.4) is 0 Å². The Hall–Kier alpha value is 0.260. The van der Waals surface area contributed by atoms with Crippen molar-refractivity contribution < 1.29 is 14.7 Å². The Morgan fingerprint density at radius 3 is 1.20 bits per heavy atom. The molecule has 0 aliphatic rings. The van der Waals surface area contributed by atoms with Gasteiger partial charge in [0.05, 0.1) is 0 Å². The third kappa shape index (κ3) is 40.8. The van der Waals surface area contributed by atoms with Gasteiger partial charge in [-0.15, -0.1) is 0 Å². The lowest BCUT2D eigenvalue weighted by atomic mass is 10.0. The summed E-state index contributed by atoms with van der Waals surface area (Å²) in [6.45, 7) is 13.0. The quantitative estimate of drug-likeness (QED) is 0.0413. The third-order valence-electron chi connectivity index (χ3n) is 10.4. The largest absolute Gasteiger partial charge is 0.396 e. The molecule has 0 aliphatic carbocycles. The maximum atomic E-state index is 12.8. The van der Waals surface area contributed by atoms with E-state index in [9.17, 15) is 14.7 Å². The number of unbranched alkanes of at least 4 members (excludes halogenated alkanes) is 18. The van der Waals surface area contributed by atoms with Crippen molar-refractivity contribution in [3.8, 4) is 0 Å². The number of hydrogen-bond donors (Lipinski definition) is 3. The van der Waals surface area contributed by atoms with Gasteiger partial charge >= 0.3 is 0 Å². The zero-order valence-corrected chi connectivity index (χ0v) is 39.9. The molecule has 0 heterocycles. The van der Waals surface area contributed by atoms with Gasteiger partial charge in [0.2, 0.25) is 11.8 Å². The predicted molar refractivity (Wildman–Crippen MR) is 254 cm³/mol. The van der Waals surface area contributed by atoms with Crippen molar-refractivity contribution in [1.29, 1.82) is 0 Å². The first-order chi connectivity index (χ1) is 27.0. The van der Waals surface area contributed by atoms with Crippen molar-refractivity contribution in [2.45, 2.75) is 224 Å². The fourth-order valence-corrected chi connectivity index (χ4v) is 12.2. The van der Waals surface area contributed by atoms with Crippen LogP contribution in [0.2, 0.25) is 0 Å². The first-order valence-corrected chi connectivity index (χ1v) is 28.2. The number of nitrogens with zero attached hydrogens (tertiary/aromatic N) is 1. The van der Waals surface area contributed by atoms with E-state index in [1.165, 1.54) is 154 Å². The Bertz CT molecular complexity index is 755.